The molecular formula is C16H18NOP. The molecule has 2 aromatic rings. The Kier molecular flexibility index (Phi) is 3.08. The lowest BCUT2D eigenvalue weighted by Crippen LogP contribution is -2.52. The highest BCUT2D eigenvalue weighted by atomic mass is 31.0. The molecule has 0 radical (unpaired) electrons. The highest BCUT2D eigenvalue weighted by molar-refractivity contribution is 7.27. The molecule has 1 aliphatic heterocycles. The van der Waals surface area contributed by atoms with Crippen molar-refractivity contribution in [3.63, 3.8) is 0 Å². The second kappa shape index (κ2) is 4.63. The average Bonchev–Trinajstić information content (AvgIpc) is 2.44. The number of para-hydroxylation sites is 1. The van der Waals surface area contributed by atoms with Crippen LogP contribution in [0.15, 0.2) is 48.5 Å². The molecule has 3 atom stereocenters. The van der Waals surface area contributed by atoms with Crippen molar-refractivity contribution in [2.24, 2.45) is 5.73 Å². The monoisotopic (exact) mass is 271 g/mol. The molecule has 2 aromatic carbocycles. The molecule has 19 heavy (non-hydrogen) atoms. The minimum absolute atomic E-state index is 0.0518. The predicted octanol–water partition coefficient (Wildman–Crippen LogP) is 2.21. The zero-order valence-corrected chi connectivity index (χ0v) is 12.1. The predicted molar refractivity (Wildman–Crippen MR) is 82.2 cm³/mol. The third-order valence-corrected chi connectivity index (χ3v) is 4.63. The Hall–Kier alpha value is -1.37. The highest BCUT2D eigenvalue weighted by Gasteiger charge is 2.41. The molecule has 0 amide bonds. The van der Waals surface area contributed by atoms with Crippen molar-refractivity contribution < 1.29 is 4.74 Å². The summed E-state index contributed by atoms with van der Waals surface area (Å²) in [7, 11) is 2.81. The number of benzene rings is 2. The first-order chi connectivity index (χ1) is 9.14. The van der Waals surface area contributed by atoms with E-state index < -0.39 is 0 Å². The second-order valence-electron chi connectivity index (χ2n) is 5.20. The molecule has 0 aromatic heterocycles. The summed E-state index contributed by atoms with van der Waals surface area (Å²) >= 11 is 0. The van der Waals surface area contributed by atoms with Gasteiger partial charge in [-0.15, -0.1) is 9.24 Å². The molecule has 0 bridgehead atoms. The van der Waals surface area contributed by atoms with E-state index in [4.69, 9.17) is 10.5 Å². The Labute approximate surface area is 116 Å². The molecule has 0 fully saturated rings. The van der Waals surface area contributed by atoms with Gasteiger partial charge in [0.25, 0.3) is 0 Å². The summed E-state index contributed by atoms with van der Waals surface area (Å²) < 4.78 is 5.76. The van der Waals surface area contributed by atoms with Crippen LogP contribution in [0, 0.1) is 0 Å². The van der Waals surface area contributed by atoms with Crippen molar-refractivity contribution >= 4 is 14.5 Å². The van der Waals surface area contributed by atoms with Gasteiger partial charge in [0.05, 0.1) is 6.04 Å². The minimum Gasteiger partial charge on any atom is -0.492 e. The van der Waals surface area contributed by atoms with E-state index in [0.717, 1.165) is 5.75 Å². The lowest BCUT2D eigenvalue weighted by atomic mass is 9.69. The van der Waals surface area contributed by atoms with Crippen molar-refractivity contribution in [1.29, 1.82) is 0 Å². The largest absolute Gasteiger partial charge is 0.492 e. The summed E-state index contributed by atoms with van der Waals surface area (Å²) in [5.41, 5.74) is 8.60. The van der Waals surface area contributed by atoms with Gasteiger partial charge in [0.2, 0.25) is 0 Å². The van der Waals surface area contributed by atoms with Crippen molar-refractivity contribution in [2.45, 2.75) is 18.4 Å². The zero-order valence-electron chi connectivity index (χ0n) is 11.0. The van der Waals surface area contributed by atoms with E-state index in [1.165, 1.54) is 16.4 Å². The van der Waals surface area contributed by atoms with Gasteiger partial charge in [-0.25, -0.2) is 0 Å². The van der Waals surface area contributed by atoms with Crippen LogP contribution in [0.2, 0.25) is 0 Å². The number of hydrogen-bond donors (Lipinski definition) is 1. The zero-order chi connectivity index (χ0) is 13.5. The standard InChI is InChI=1S/C16H18NOP/c1-16(12-7-3-5-9-14(12)19)11-6-2-4-8-13(11)18-10-15(16)17/h2-9,15H,10,17,19H2,1H3/t15-,16?/m1/s1. The van der Waals surface area contributed by atoms with Crippen LogP contribution in [-0.2, 0) is 5.41 Å². The summed E-state index contributed by atoms with van der Waals surface area (Å²) in [6, 6.07) is 16.5. The average molecular weight is 271 g/mol. The maximum atomic E-state index is 6.39. The fourth-order valence-electron chi connectivity index (χ4n) is 2.88. The fourth-order valence-corrected chi connectivity index (χ4v) is 3.39. The van der Waals surface area contributed by atoms with Gasteiger partial charge in [-0.05, 0) is 23.9 Å². The van der Waals surface area contributed by atoms with Gasteiger partial charge in [-0.3, -0.25) is 0 Å². The molecule has 0 saturated heterocycles. The molecule has 2 unspecified atom stereocenters. The van der Waals surface area contributed by atoms with Crippen molar-refractivity contribution in [2.75, 3.05) is 6.61 Å². The molecule has 1 heterocycles. The number of fused-ring (bicyclic) bond motifs is 1. The first-order valence-electron chi connectivity index (χ1n) is 6.47. The summed E-state index contributed by atoms with van der Waals surface area (Å²) in [6.45, 7) is 2.76. The summed E-state index contributed by atoms with van der Waals surface area (Å²) in [4.78, 5) is 0. The molecule has 0 saturated carbocycles. The minimum atomic E-state index is -0.215. The molecule has 1 aliphatic rings. The summed E-state index contributed by atoms with van der Waals surface area (Å²) in [6.07, 6.45) is 0. The van der Waals surface area contributed by atoms with Crippen LogP contribution in [0.25, 0.3) is 0 Å². The van der Waals surface area contributed by atoms with Crippen LogP contribution < -0.4 is 15.8 Å². The molecule has 2 N–H and O–H groups in total. The van der Waals surface area contributed by atoms with Crippen molar-refractivity contribution in [1.82, 2.24) is 0 Å². The third-order valence-electron chi connectivity index (χ3n) is 4.13. The molecule has 0 aliphatic carbocycles. The SMILES string of the molecule is CC1(c2ccccc2P)c2ccccc2OC[C@H]1N. The van der Waals surface area contributed by atoms with Gasteiger partial charge >= 0.3 is 0 Å². The first-order valence-corrected chi connectivity index (χ1v) is 7.04. The summed E-state index contributed by atoms with van der Waals surface area (Å²) in [5.74, 6) is 0.944. The van der Waals surface area contributed by atoms with Gasteiger partial charge in [-0.2, -0.15) is 0 Å². The van der Waals surface area contributed by atoms with Gasteiger partial charge in [0.1, 0.15) is 12.4 Å². The number of hydrogen-bond acceptors (Lipinski definition) is 2. The quantitative estimate of drug-likeness (QED) is 0.807. The Morgan fingerprint density at radius 3 is 2.47 bits per heavy atom. The molecule has 3 rings (SSSR count). The van der Waals surface area contributed by atoms with E-state index >= 15 is 0 Å². The van der Waals surface area contributed by atoms with Crippen molar-refractivity contribution in [3.8, 4) is 5.75 Å². The Balaban J connectivity index is 2.25. The number of ether oxygens (including phenoxy) is 1. The van der Waals surface area contributed by atoms with Crippen LogP contribution in [0.4, 0.5) is 0 Å². The maximum absolute atomic E-state index is 6.39. The second-order valence-corrected chi connectivity index (χ2v) is 5.83. The first kappa shape index (κ1) is 12.7. The molecule has 2 nitrogen and oxygen atoms in total. The smallest absolute Gasteiger partial charge is 0.123 e. The van der Waals surface area contributed by atoms with E-state index in [-0.39, 0.29) is 11.5 Å². The normalized spacial score (nSPS) is 25.5. The topological polar surface area (TPSA) is 35.2 Å². The number of nitrogens with two attached hydrogens (primary N) is 1. The van der Waals surface area contributed by atoms with Crippen LogP contribution in [0.3, 0.4) is 0 Å². The van der Waals surface area contributed by atoms with Crippen LogP contribution in [-0.4, -0.2) is 12.6 Å². The van der Waals surface area contributed by atoms with E-state index in [9.17, 15) is 0 Å². The van der Waals surface area contributed by atoms with Gasteiger partial charge in [-0.1, -0.05) is 42.5 Å². The number of rotatable bonds is 1. The third kappa shape index (κ3) is 1.87. The van der Waals surface area contributed by atoms with Crippen LogP contribution >= 0.6 is 9.24 Å². The van der Waals surface area contributed by atoms with Gasteiger partial charge in [0, 0.05) is 11.0 Å². The van der Waals surface area contributed by atoms with E-state index in [1.54, 1.807) is 0 Å². The lowest BCUT2D eigenvalue weighted by molar-refractivity contribution is 0.213. The van der Waals surface area contributed by atoms with E-state index in [0.29, 0.717) is 6.61 Å². The molecule has 0 spiro atoms. The van der Waals surface area contributed by atoms with Crippen molar-refractivity contribution in [3.05, 3.63) is 59.7 Å². The molecular weight excluding hydrogens is 253 g/mol. The van der Waals surface area contributed by atoms with Gasteiger partial charge < -0.3 is 10.5 Å². The Morgan fingerprint density at radius 1 is 1.11 bits per heavy atom. The Bertz CT molecular complexity index is 613. The van der Waals surface area contributed by atoms with E-state index in [1.807, 2.05) is 24.3 Å². The maximum Gasteiger partial charge on any atom is 0.123 e. The highest BCUT2D eigenvalue weighted by Crippen LogP contribution is 2.42. The van der Waals surface area contributed by atoms with E-state index in [2.05, 4.69) is 40.4 Å². The lowest BCUT2D eigenvalue weighted by Gasteiger charge is -2.42. The molecule has 3 heteroatoms. The van der Waals surface area contributed by atoms with Gasteiger partial charge in [0.15, 0.2) is 0 Å². The van der Waals surface area contributed by atoms with Crippen LogP contribution in [0.5, 0.6) is 5.75 Å². The van der Waals surface area contributed by atoms with Crippen LogP contribution in [0.1, 0.15) is 18.1 Å². The Morgan fingerprint density at radius 2 is 1.74 bits per heavy atom. The fraction of sp³-hybridized carbons (Fsp3) is 0.250. The molecule has 98 valence electrons. The summed E-state index contributed by atoms with van der Waals surface area (Å²) in [5, 5.41) is 1.19.